The number of amides is 4. The summed E-state index contributed by atoms with van der Waals surface area (Å²) >= 11 is 0. The van der Waals surface area contributed by atoms with Gasteiger partial charge in [0.15, 0.2) is 0 Å². The number of ether oxygens (including phenoxy) is 1. The van der Waals surface area contributed by atoms with Crippen molar-refractivity contribution in [2.75, 3.05) is 33.8 Å². The van der Waals surface area contributed by atoms with E-state index in [2.05, 4.69) is 0 Å². The Balaban J connectivity index is 1.94. The van der Waals surface area contributed by atoms with Crippen molar-refractivity contribution in [3.05, 3.63) is 24.3 Å². The molecule has 0 radical (unpaired) electrons. The quantitative estimate of drug-likeness (QED) is 0.453. The van der Waals surface area contributed by atoms with Crippen molar-refractivity contribution < 1.29 is 27.5 Å². The van der Waals surface area contributed by atoms with Crippen LogP contribution in [0.4, 0.5) is 4.79 Å². The van der Waals surface area contributed by atoms with Gasteiger partial charge < -0.3 is 4.74 Å². The van der Waals surface area contributed by atoms with Crippen LogP contribution in [0.1, 0.15) is 19.8 Å². The molecule has 1 aromatic carbocycles. The summed E-state index contributed by atoms with van der Waals surface area (Å²) in [6, 6.07) is 5.17. The second-order valence-corrected chi connectivity index (χ2v) is 8.31. The molecule has 2 rings (SSSR count). The molecule has 0 N–H and O–H groups in total. The number of urea groups is 1. The SMILES string of the molecule is CCCCN1C(=O)C(=O)N(CCOc2ccc(S(=O)(=O)N(C)C)cc2)C1=O. The molecule has 1 fully saturated rings. The Bertz CT molecular complexity index is 820. The molecule has 1 aliphatic rings. The predicted molar refractivity (Wildman–Crippen MR) is 96.5 cm³/mol. The van der Waals surface area contributed by atoms with Crippen LogP contribution in [-0.2, 0) is 19.6 Å². The maximum Gasteiger partial charge on any atom is 0.334 e. The number of hydrogen-bond donors (Lipinski definition) is 0. The van der Waals surface area contributed by atoms with E-state index in [0.717, 1.165) is 20.5 Å². The standard InChI is InChI=1S/C17H23N3O6S/c1-4-5-10-19-15(21)16(22)20(17(19)23)11-12-26-13-6-8-14(9-7-13)27(24,25)18(2)3/h6-9H,4-5,10-12H2,1-3H3. The van der Waals surface area contributed by atoms with Gasteiger partial charge in [-0.2, -0.15) is 0 Å². The lowest BCUT2D eigenvalue weighted by Crippen LogP contribution is -2.36. The Morgan fingerprint density at radius 2 is 1.52 bits per heavy atom. The van der Waals surface area contributed by atoms with Crippen molar-refractivity contribution >= 4 is 27.9 Å². The lowest BCUT2D eigenvalue weighted by atomic mass is 10.3. The predicted octanol–water partition coefficient (Wildman–Crippen LogP) is 0.907. The minimum atomic E-state index is -3.52. The first-order chi connectivity index (χ1) is 12.7. The third kappa shape index (κ3) is 4.45. The fourth-order valence-corrected chi connectivity index (χ4v) is 3.34. The number of unbranched alkanes of at least 4 members (excludes halogenated alkanes) is 1. The molecular formula is C17H23N3O6S. The van der Waals surface area contributed by atoms with E-state index in [9.17, 15) is 22.8 Å². The highest BCUT2D eigenvalue weighted by molar-refractivity contribution is 7.89. The summed E-state index contributed by atoms with van der Waals surface area (Å²) in [5.41, 5.74) is 0. The van der Waals surface area contributed by atoms with Crippen molar-refractivity contribution in [1.29, 1.82) is 0 Å². The van der Waals surface area contributed by atoms with Crippen LogP contribution in [0.3, 0.4) is 0 Å². The molecule has 0 unspecified atom stereocenters. The van der Waals surface area contributed by atoms with E-state index in [4.69, 9.17) is 4.74 Å². The normalized spacial score (nSPS) is 15.2. The van der Waals surface area contributed by atoms with Gasteiger partial charge in [-0.05, 0) is 30.7 Å². The average molecular weight is 397 g/mol. The molecule has 1 aliphatic heterocycles. The lowest BCUT2D eigenvalue weighted by molar-refractivity contribution is -0.143. The molecule has 1 heterocycles. The Hall–Kier alpha value is -2.46. The van der Waals surface area contributed by atoms with E-state index in [1.54, 1.807) is 0 Å². The molecule has 0 aliphatic carbocycles. The fraction of sp³-hybridized carbons (Fsp3) is 0.471. The lowest BCUT2D eigenvalue weighted by Gasteiger charge is -2.16. The molecule has 1 saturated heterocycles. The van der Waals surface area contributed by atoms with E-state index in [0.29, 0.717) is 12.2 Å². The highest BCUT2D eigenvalue weighted by Gasteiger charge is 2.43. The Morgan fingerprint density at radius 1 is 0.963 bits per heavy atom. The van der Waals surface area contributed by atoms with Crippen molar-refractivity contribution in [3.63, 3.8) is 0 Å². The van der Waals surface area contributed by atoms with Gasteiger partial charge in [-0.25, -0.2) is 17.5 Å². The van der Waals surface area contributed by atoms with Crippen molar-refractivity contribution in [2.24, 2.45) is 0 Å². The summed E-state index contributed by atoms with van der Waals surface area (Å²) in [5, 5.41) is 0. The van der Waals surface area contributed by atoms with Crippen LogP contribution in [0.15, 0.2) is 29.2 Å². The van der Waals surface area contributed by atoms with Crippen molar-refractivity contribution in [1.82, 2.24) is 14.1 Å². The first-order valence-corrected chi connectivity index (χ1v) is 9.97. The molecule has 4 amide bonds. The van der Waals surface area contributed by atoms with Crippen LogP contribution in [0.5, 0.6) is 5.75 Å². The molecule has 9 nitrogen and oxygen atoms in total. The summed E-state index contributed by atoms with van der Waals surface area (Å²) in [6.07, 6.45) is 1.44. The molecular weight excluding hydrogens is 374 g/mol. The summed E-state index contributed by atoms with van der Waals surface area (Å²) < 4.78 is 30.6. The molecule has 1 aromatic rings. The van der Waals surface area contributed by atoms with Crippen LogP contribution >= 0.6 is 0 Å². The topological polar surface area (TPSA) is 104 Å². The van der Waals surface area contributed by atoms with Crippen LogP contribution in [-0.4, -0.2) is 74.2 Å². The van der Waals surface area contributed by atoms with Crippen molar-refractivity contribution in [3.8, 4) is 5.75 Å². The van der Waals surface area contributed by atoms with Gasteiger partial charge >= 0.3 is 17.8 Å². The summed E-state index contributed by atoms with van der Waals surface area (Å²) in [5.74, 6) is -1.28. The highest BCUT2D eigenvalue weighted by atomic mass is 32.2. The zero-order valence-electron chi connectivity index (χ0n) is 15.5. The van der Waals surface area contributed by atoms with Gasteiger partial charge in [0, 0.05) is 20.6 Å². The number of sulfonamides is 1. The minimum Gasteiger partial charge on any atom is -0.492 e. The van der Waals surface area contributed by atoms with E-state index in [1.807, 2.05) is 6.92 Å². The maximum absolute atomic E-state index is 12.2. The molecule has 27 heavy (non-hydrogen) atoms. The first-order valence-electron chi connectivity index (χ1n) is 8.52. The van der Waals surface area contributed by atoms with E-state index in [1.165, 1.54) is 38.4 Å². The van der Waals surface area contributed by atoms with Crippen LogP contribution in [0, 0.1) is 0 Å². The van der Waals surface area contributed by atoms with Gasteiger partial charge in [0.05, 0.1) is 11.4 Å². The van der Waals surface area contributed by atoms with E-state index >= 15 is 0 Å². The maximum atomic E-state index is 12.2. The number of benzene rings is 1. The first kappa shape index (κ1) is 20.8. The Labute approximate surface area is 158 Å². The van der Waals surface area contributed by atoms with Crippen LogP contribution < -0.4 is 4.74 Å². The molecule has 148 valence electrons. The summed E-state index contributed by atoms with van der Waals surface area (Å²) in [7, 11) is -0.646. The smallest absolute Gasteiger partial charge is 0.334 e. The second kappa shape index (κ2) is 8.49. The van der Waals surface area contributed by atoms with E-state index in [-0.39, 0.29) is 24.6 Å². The Kier molecular flexibility index (Phi) is 6.55. The monoisotopic (exact) mass is 397 g/mol. The van der Waals surface area contributed by atoms with Gasteiger partial charge in [0.1, 0.15) is 12.4 Å². The number of rotatable bonds is 9. The zero-order valence-corrected chi connectivity index (χ0v) is 16.4. The number of carbonyl (C=O) groups excluding carboxylic acids is 3. The van der Waals surface area contributed by atoms with Crippen molar-refractivity contribution in [2.45, 2.75) is 24.7 Å². The largest absolute Gasteiger partial charge is 0.492 e. The summed E-state index contributed by atoms with van der Waals surface area (Å²) in [4.78, 5) is 37.9. The number of carbonyl (C=O) groups is 3. The number of nitrogens with zero attached hydrogens (tertiary/aromatic N) is 3. The third-order valence-electron chi connectivity index (χ3n) is 4.06. The van der Waals surface area contributed by atoms with Gasteiger partial charge in [-0.15, -0.1) is 0 Å². The zero-order chi connectivity index (χ0) is 20.2. The molecule has 0 spiro atoms. The van der Waals surface area contributed by atoms with Gasteiger partial charge in [-0.3, -0.25) is 19.4 Å². The molecule has 0 aromatic heterocycles. The Morgan fingerprint density at radius 3 is 2.04 bits per heavy atom. The van der Waals surface area contributed by atoms with Gasteiger partial charge in [0.25, 0.3) is 0 Å². The number of imide groups is 2. The van der Waals surface area contributed by atoms with Crippen LogP contribution in [0.2, 0.25) is 0 Å². The number of hydrogen-bond acceptors (Lipinski definition) is 6. The highest BCUT2D eigenvalue weighted by Crippen LogP contribution is 2.18. The van der Waals surface area contributed by atoms with Gasteiger partial charge in [0.2, 0.25) is 10.0 Å². The molecule has 0 atom stereocenters. The second-order valence-electron chi connectivity index (χ2n) is 6.16. The molecule has 0 bridgehead atoms. The van der Waals surface area contributed by atoms with E-state index < -0.39 is 27.9 Å². The third-order valence-corrected chi connectivity index (χ3v) is 5.89. The van der Waals surface area contributed by atoms with Gasteiger partial charge in [-0.1, -0.05) is 13.3 Å². The minimum absolute atomic E-state index is 0.00778. The molecule has 0 saturated carbocycles. The van der Waals surface area contributed by atoms with Crippen LogP contribution in [0.25, 0.3) is 0 Å². The fourth-order valence-electron chi connectivity index (χ4n) is 2.43. The molecule has 10 heteroatoms. The summed E-state index contributed by atoms with van der Waals surface area (Å²) in [6.45, 7) is 2.07. The average Bonchev–Trinajstić information content (AvgIpc) is 2.83.